The van der Waals surface area contributed by atoms with E-state index in [0.29, 0.717) is 9.79 Å². The highest BCUT2D eigenvalue weighted by atomic mass is 32.2. The molecule has 0 radical (unpaired) electrons. The molecule has 1 aliphatic heterocycles. The normalized spacial score (nSPS) is 14.0. The number of hydrogen-bond acceptors (Lipinski definition) is 4. The minimum absolute atomic E-state index is 0.561. The number of benzene rings is 2. The predicted octanol–water partition coefficient (Wildman–Crippen LogP) is 10.7. The summed E-state index contributed by atoms with van der Waals surface area (Å²) in [7, 11) is -3.54. The van der Waals surface area contributed by atoms with Gasteiger partial charge in [-0.2, -0.15) is 0 Å². The molecule has 0 bridgehead atoms. The molecule has 4 aromatic rings. The molecule has 2 aromatic heterocycles. The van der Waals surface area contributed by atoms with Crippen molar-refractivity contribution in [3.8, 4) is 11.1 Å². The number of sulfone groups is 1. The number of aryl methyl sites for hydroxylation is 2. The highest BCUT2D eigenvalue weighted by Crippen LogP contribution is 2.52. The monoisotopic (exact) mass is 552 g/mol. The van der Waals surface area contributed by atoms with Crippen molar-refractivity contribution in [3.05, 3.63) is 46.2 Å². The Morgan fingerprint density at radius 2 is 1.00 bits per heavy atom. The SMILES string of the molecule is CCCCCCCCc1cc2c(c3sccc13)S(=O)(=O)c1c-2cc(CCCCCCCC)c2ccsc12. The van der Waals surface area contributed by atoms with Crippen LogP contribution >= 0.6 is 22.7 Å². The summed E-state index contributed by atoms with van der Waals surface area (Å²) in [6.45, 7) is 4.51. The molecule has 0 N–H and O–H groups in total. The first-order valence-electron chi connectivity index (χ1n) is 14.4. The zero-order valence-electron chi connectivity index (χ0n) is 22.4. The molecule has 5 heteroatoms. The van der Waals surface area contributed by atoms with Gasteiger partial charge in [-0.3, -0.25) is 0 Å². The fraction of sp³-hybridized carbons (Fsp3) is 0.500. The summed E-state index contributed by atoms with van der Waals surface area (Å²) in [5, 5.41) is 6.42. The van der Waals surface area contributed by atoms with Crippen LogP contribution in [0, 0.1) is 0 Å². The lowest BCUT2D eigenvalue weighted by molar-refractivity contribution is 0.600. The summed E-state index contributed by atoms with van der Waals surface area (Å²) in [5.41, 5.74) is 4.53. The van der Waals surface area contributed by atoms with Gasteiger partial charge in [0, 0.05) is 11.1 Å². The Labute approximate surface area is 231 Å². The molecule has 3 heterocycles. The third kappa shape index (κ3) is 5.29. The molecule has 37 heavy (non-hydrogen) atoms. The maximum atomic E-state index is 14.1. The van der Waals surface area contributed by atoms with Crippen molar-refractivity contribution in [2.75, 3.05) is 0 Å². The predicted molar refractivity (Wildman–Crippen MR) is 162 cm³/mol. The van der Waals surface area contributed by atoms with Crippen LogP contribution in [-0.2, 0) is 22.7 Å². The Hall–Kier alpha value is -1.69. The van der Waals surface area contributed by atoms with Crippen molar-refractivity contribution >= 4 is 52.7 Å². The molecule has 5 rings (SSSR count). The highest BCUT2D eigenvalue weighted by molar-refractivity contribution is 7.93. The molecule has 0 unspecified atom stereocenters. The summed E-state index contributed by atoms with van der Waals surface area (Å²) in [4.78, 5) is 1.12. The first-order valence-corrected chi connectivity index (χ1v) is 17.6. The molecular formula is C32H40O2S3. The zero-order valence-corrected chi connectivity index (χ0v) is 24.9. The fourth-order valence-corrected chi connectivity index (χ4v) is 10.5. The maximum Gasteiger partial charge on any atom is 0.210 e. The van der Waals surface area contributed by atoms with Crippen LogP contribution in [0.25, 0.3) is 31.3 Å². The van der Waals surface area contributed by atoms with Crippen LogP contribution in [0.15, 0.2) is 44.8 Å². The third-order valence-electron chi connectivity index (χ3n) is 7.99. The molecule has 0 saturated carbocycles. The van der Waals surface area contributed by atoms with E-state index in [4.69, 9.17) is 0 Å². The van der Waals surface area contributed by atoms with Crippen LogP contribution in [0.5, 0.6) is 0 Å². The zero-order chi connectivity index (χ0) is 25.8. The van der Waals surface area contributed by atoms with Crippen molar-refractivity contribution in [2.45, 2.75) is 114 Å². The number of unbranched alkanes of at least 4 members (excludes halogenated alkanes) is 10. The molecule has 2 nitrogen and oxygen atoms in total. The Bertz CT molecular complexity index is 1370. The second-order valence-electron chi connectivity index (χ2n) is 10.7. The van der Waals surface area contributed by atoms with E-state index < -0.39 is 9.84 Å². The smallest absolute Gasteiger partial charge is 0.210 e. The molecule has 2 aromatic carbocycles. The van der Waals surface area contributed by atoms with E-state index in [1.165, 1.54) is 88.2 Å². The largest absolute Gasteiger partial charge is 0.218 e. The first-order chi connectivity index (χ1) is 18.1. The number of fused-ring (bicyclic) bond motifs is 7. The van der Waals surface area contributed by atoms with Crippen LogP contribution in [0.3, 0.4) is 0 Å². The van der Waals surface area contributed by atoms with Gasteiger partial charge in [-0.1, -0.05) is 78.1 Å². The minimum atomic E-state index is -3.54. The second-order valence-corrected chi connectivity index (χ2v) is 14.3. The lowest BCUT2D eigenvalue weighted by Gasteiger charge is -2.10. The summed E-state index contributed by atoms with van der Waals surface area (Å²) < 4.78 is 30.0. The van der Waals surface area contributed by atoms with E-state index in [-0.39, 0.29) is 0 Å². The van der Waals surface area contributed by atoms with Crippen molar-refractivity contribution in [1.29, 1.82) is 0 Å². The van der Waals surface area contributed by atoms with Gasteiger partial charge < -0.3 is 0 Å². The van der Waals surface area contributed by atoms with Gasteiger partial charge in [0.25, 0.3) is 0 Å². The molecule has 0 saturated heterocycles. The van der Waals surface area contributed by atoms with Gasteiger partial charge in [0.1, 0.15) is 0 Å². The average Bonchev–Trinajstić information content (AvgIpc) is 3.61. The second kappa shape index (κ2) is 12.0. The van der Waals surface area contributed by atoms with Gasteiger partial charge in [0.15, 0.2) is 0 Å². The molecule has 0 spiro atoms. The van der Waals surface area contributed by atoms with Gasteiger partial charge in [-0.05, 0) is 82.6 Å². The molecule has 0 fully saturated rings. The van der Waals surface area contributed by atoms with Crippen LogP contribution < -0.4 is 0 Å². The summed E-state index contributed by atoms with van der Waals surface area (Å²) in [5.74, 6) is 0. The van der Waals surface area contributed by atoms with Gasteiger partial charge in [-0.25, -0.2) is 8.42 Å². The van der Waals surface area contributed by atoms with E-state index in [1.807, 2.05) is 0 Å². The number of rotatable bonds is 14. The highest BCUT2D eigenvalue weighted by Gasteiger charge is 2.38. The van der Waals surface area contributed by atoms with Gasteiger partial charge in [0.05, 0.1) is 19.2 Å². The topological polar surface area (TPSA) is 34.1 Å². The quantitative estimate of drug-likeness (QED) is 0.128. The molecule has 198 valence electrons. The first kappa shape index (κ1) is 26.9. The Kier molecular flexibility index (Phi) is 8.73. The van der Waals surface area contributed by atoms with Crippen molar-refractivity contribution < 1.29 is 8.42 Å². The van der Waals surface area contributed by atoms with Gasteiger partial charge >= 0.3 is 0 Å². The van der Waals surface area contributed by atoms with Crippen molar-refractivity contribution in [2.24, 2.45) is 0 Å². The van der Waals surface area contributed by atoms with Gasteiger partial charge in [0.2, 0.25) is 9.84 Å². The van der Waals surface area contributed by atoms with Crippen LogP contribution in [0.4, 0.5) is 0 Å². The van der Waals surface area contributed by atoms with Gasteiger partial charge in [-0.15, -0.1) is 22.7 Å². The molecule has 0 atom stereocenters. The van der Waals surface area contributed by atoms with E-state index in [1.54, 1.807) is 22.7 Å². The summed E-state index contributed by atoms with van der Waals surface area (Å²) in [6.07, 6.45) is 17.3. The van der Waals surface area contributed by atoms with Crippen LogP contribution in [-0.4, -0.2) is 8.42 Å². The minimum Gasteiger partial charge on any atom is -0.218 e. The molecule has 1 aliphatic rings. The Morgan fingerprint density at radius 3 is 1.43 bits per heavy atom. The fourth-order valence-electron chi connectivity index (χ4n) is 6.00. The molecule has 0 amide bonds. The Balaban J connectivity index is 1.50. The molecular weight excluding hydrogens is 513 g/mol. The number of hydrogen-bond donors (Lipinski definition) is 0. The maximum absolute atomic E-state index is 14.1. The average molecular weight is 553 g/mol. The van der Waals surface area contributed by atoms with E-state index in [0.717, 1.165) is 44.1 Å². The van der Waals surface area contributed by atoms with Crippen LogP contribution in [0.1, 0.15) is 102 Å². The Morgan fingerprint density at radius 1 is 0.595 bits per heavy atom. The summed E-state index contributed by atoms with van der Waals surface area (Å²) >= 11 is 3.18. The van der Waals surface area contributed by atoms with Crippen molar-refractivity contribution in [3.63, 3.8) is 0 Å². The lowest BCUT2D eigenvalue weighted by Crippen LogP contribution is -1.99. The third-order valence-corrected chi connectivity index (χ3v) is 12.0. The summed E-state index contributed by atoms with van der Waals surface area (Å²) in [6, 6.07) is 8.73. The number of thiophene rings is 2. The standard InChI is InChI=1S/C32H40O2S3/c1-3-5-7-9-11-13-15-23-21-27-28-22-24(16-14-12-10-8-6-4-2)26-18-20-36-30(26)32(28)37(33,34)31(27)29-25(23)17-19-35-29/h17-22H,3-16H2,1-2H3. The molecule has 0 aliphatic carbocycles. The van der Waals surface area contributed by atoms with Crippen LogP contribution in [0.2, 0.25) is 0 Å². The lowest BCUT2D eigenvalue weighted by atomic mass is 9.94. The van der Waals surface area contributed by atoms with E-state index in [9.17, 15) is 8.42 Å². The van der Waals surface area contributed by atoms with E-state index in [2.05, 4.69) is 48.9 Å². The van der Waals surface area contributed by atoms with E-state index >= 15 is 0 Å². The van der Waals surface area contributed by atoms with Crippen molar-refractivity contribution in [1.82, 2.24) is 0 Å².